The first kappa shape index (κ1) is 16.2. The zero-order chi connectivity index (χ0) is 14.9. The van der Waals surface area contributed by atoms with Gasteiger partial charge in [0.15, 0.2) is 0 Å². The van der Waals surface area contributed by atoms with Gasteiger partial charge in [-0.05, 0) is 38.3 Å². The van der Waals surface area contributed by atoms with Gasteiger partial charge < -0.3 is 19.5 Å². The lowest BCUT2D eigenvalue weighted by Gasteiger charge is -2.23. The van der Waals surface area contributed by atoms with Crippen molar-refractivity contribution in [2.75, 3.05) is 33.5 Å². The summed E-state index contributed by atoms with van der Waals surface area (Å²) in [6, 6.07) is 3.98. The molecule has 1 aliphatic heterocycles. The van der Waals surface area contributed by atoms with Crippen molar-refractivity contribution in [1.29, 1.82) is 0 Å². The zero-order valence-electron chi connectivity index (χ0n) is 13.1. The number of pyridine rings is 1. The van der Waals surface area contributed by atoms with E-state index >= 15 is 0 Å². The van der Waals surface area contributed by atoms with Gasteiger partial charge in [0.2, 0.25) is 0 Å². The van der Waals surface area contributed by atoms with Crippen molar-refractivity contribution in [1.82, 2.24) is 10.3 Å². The summed E-state index contributed by atoms with van der Waals surface area (Å²) in [5, 5.41) is 3.31. The number of hydrogen-bond donors (Lipinski definition) is 1. The highest BCUT2D eigenvalue weighted by molar-refractivity contribution is 5.29. The van der Waals surface area contributed by atoms with Gasteiger partial charge in [-0.2, -0.15) is 0 Å². The van der Waals surface area contributed by atoms with E-state index in [9.17, 15) is 0 Å². The maximum Gasteiger partial charge on any atom is 0.142 e. The van der Waals surface area contributed by atoms with Crippen molar-refractivity contribution in [3.05, 3.63) is 23.5 Å². The van der Waals surface area contributed by atoms with Crippen LogP contribution < -0.4 is 10.1 Å². The Hall–Kier alpha value is -1.17. The van der Waals surface area contributed by atoms with Crippen LogP contribution in [-0.4, -0.2) is 44.6 Å². The van der Waals surface area contributed by atoms with Crippen LogP contribution in [0.4, 0.5) is 0 Å². The monoisotopic (exact) mass is 294 g/mol. The number of rotatable bonds is 8. The highest BCUT2D eigenvalue weighted by Crippen LogP contribution is 2.19. The maximum atomic E-state index is 5.93. The van der Waals surface area contributed by atoms with Gasteiger partial charge >= 0.3 is 0 Å². The molecule has 1 saturated heterocycles. The van der Waals surface area contributed by atoms with Crippen LogP contribution in [0.15, 0.2) is 12.1 Å². The lowest BCUT2D eigenvalue weighted by atomic mass is 10.1. The van der Waals surface area contributed by atoms with Gasteiger partial charge in [-0.3, -0.25) is 4.98 Å². The van der Waals surface area contributed by atoms with Crippen molar-refractivity contribution < 1.29 is 14.2 Å². The Balaban J connectivity index is 1.87. The number of hydrogen-bond acceptors (Lipinski definition) is 5. The number of methoxy groups -OCH3 is 1. The largest absolute Gasteiger partial charge is 0.489 e. The Bertz CT molecular complexity index is 420. The fraction of sp³-hybridized carbons (Fsp3) is 0.688. The summed E-state index contributed by atoms with van der Waals surface area (Å²) < 4.78 is 16.7. The summed E-state index contributed by atoms with van der Waals surface area (Å²) in [6.07, 6.45) is 3.69. The second kappa shape index (κ2) is 8.97. The quantitative estimate of drug-likeness (QED) is 0.744. The molecule has 5 nitrogen and oxygen atoms in total. The molecule has 0 spiro atoms. The summed E-state index contributed by atoms with van der Waals surface area (Å²) >= 11 is 0. The van der Waals surface area contributed by atoms with Gasteiger partial charge in [-0.1, -0.05) is 0 Å². The average molecular weight is 294 g/mol. The minimum Gasteiger partial charge on any atom is -0.489 e. The second-order valence-electron chi connectivity index (χ2n) is 5.37. The standard InChI is InChI=1S/C16H26N2O3/c1-13-6-7-16(15(18-13)11-17-8-10-19-2)21-12-14-5-3-4-9-20-14/h6-7,14,17H,3-5,8-12H2,1-2H3. The van der Waals surface area contributed by atoms with Gasteiger partial charge in [0.25, 0.3) is 0 Å². The van der Waals surface area contributed by atoms with Crippen molar-refractivity contribution in [2.24, 2.45) is 0 Å². The zero-order valence-corrected chi connectivity index (χ0v) is 13.1. The predicted molar refractivity (Wildman–Crippen MR) is 81.6 cm³/mol. The van der Waals surface area contributed by atoms with Gasteiger partial charge in [0.05, 0.1) is 18.4 Å². The molecule has 2 heterocycles. The van der Waals surface area contributed by atoms with E-state index in [-0.39, 0.29) is 6.10 Å². The molecular formula is C16H26N2O3. The minimum atomic E-state index is 0.217. The molecule has 118 valence electrons. The van der Waals surface area contributed by atoms with Gasteiger partial charge in [0, 0.05) is 32.5 Å². The summed E-state index contributed by atoms with van der Waals surface area (Å²) in [5.41, 5.74) is 1.95. The fourth-order valence-electron chi connectivity index (χ4n) is 2.36. The SMILES string of the molecule is COCCNCc1nc(C)ccc1OCC1CCCCO1. The number of aryl methyl sites for hydroxylation is 1. The maximum absolute atomic E-state index is 5.93. The number of nitrogens with zero attached hydrogens (tertiary/aromatic N) is 1. The van der Waals surface area contributed by atoms with E-state index < -0.39 is 0 Å². The molecule has 0 aromatic carbocycles. The average Bonchev–Trinajstić information content (AvgIpc) is 2.52. The summed E-state index contributed by atoms with van der Waals surface area (Å²) in [5.74, 6) is 0.847. The van der Waals surface area contributed by atoms with Crippen LogP contribution in [-0.2, 0) is 16.0 Å². The summed E-state index contributed by atoms with van der Waals surface area (Å²) in [7, 11) is 1.70. The summed E-state index contributed by atoms with van der Waals surface area (Å²) in [6.45, 7) is 5.63. The van der Waals surface area contributed by atoms with E-state index in [1.54, 1.807) is 7.11 Å². The Labute approximate surface area is 127 Å². The van der Waals surface area contributed by atoms with E-state index in [1.165, 1.54) is 6.42 Å². The molecular weight excluding hydrogens is 268 g/mol. The molecule has 1 unspecified atom stereocenters. The van der Waals surface area contributed by atoms with Gasteiger partial charge in [-0.15, -0.1) is 0 Å². The van der Waals surface area contributed by atoms with E-state index in [1.807, 2.05) is 19.1 Å². The van der Waals surface area contributed by atoms with Crippen molar-refractivity contribution >= 4 is 0 Å². The van der Waals surface area contributed by atoms with Crippen LogP contribution in [0.25, 0.3) is 0 Å². The molecule has 1 aliphatic rings. The Kier molecular flexibility index (Phi) is 6.92. The van der Waals surface area contributed by atoms with Crippen LogP contribution in [0.3, 0.4) is 0 Å². The molecule has 1 fully saturated rings. The Morgan fingerprint density at radius 3 is 3.05 bits per heavy atom. The first-order chi connectivity index (χ1) is 10.3. The van der Waals surface area contributed by atoms with Crippen molar-refractivity contribution in [2.45, 2.75) is 38.8 Å². The molecule has 0 radical (unpaired) electrons. The molecule has 1 atom stereocenters. The van der Waals surface area contributed by atoms with Crippen LogP contribution in [0.5, 0.6) is 5.75 Å². The summed E-state index contributed by atoms with van der Waals surface area (Å²) in [4.78, 5) is 4.57. The molecule has 1 N–H and O–H groups in total. The lowest BCUT2D eigenvalue weighted by Crippen LogP contribution is -2.26. The first-order valence-electron chi connectivity index (χ1n) is 7.70. The van der Waals surface area contributed by atoms with Crippen LogP contribution >= 0.6 is 0 Å². The Morgan fingerprint density at radius 1 is 1.38 bits per heavy atom. The second-order valence-corrected chi connectivity index (χ2v) is 5.37. The Morgan fingerprint density at radius 2 is 2.29 bits per heavy atom. The first-order valence-corrected chi connectivity index (χ1v) is 7.70. The molecule has 1 aromatic rings. The number of nitrogens with one attached hydrogen (secondary N) is 1. The van der Waals surface area contributed by atoms with Crippen LogP contribution in [0, 0.1) is 6.92 Å². The molecule has 2 rings (SSSR count). The predicted octanol–water partition coefficient (Wildman–Crippen LogP) is 2.07. The number of ether oxygens (including phenoxy) is 3. The molecule has 1 aromatic heterocycles. The van der Waals surface area contributed by atoms with Crippen LogP contribution in [0.2, 0.25) is 0 Å². The highest BCUT2D eigenvalue weighted by atomic mass is 16.5. The van der Waals surface area contributed by atoms with Gasteiger partial charge in [-0.25, -0.2) is 0 Å². The smallest absolute Gasteiger partial charge is 0.142 e. The fourth-order valence-corrected chi connectivity index (χ4v) is 2.36. The minimum absolute atomic E-state index is 0.217. The molecule has 0 bridgehead atoms. The topological polar surface area (TPSA) is 52.6 Å². The van der Waals surface area contributed by atoms with E-state index in [4.69, 9.17) is 14.2 Å². The molecule has 0 aliphatic carbocycles. The third-order valence-corrected chi connectivity index (χ3v) is 3.55. The normalized spacial score (nSPS) is 18.7. The molecule has 5 heteroatoms. The van der Waals surface area contributed by atoms with Gasteiger partial charge in [0.1, 0.15) is 12.4 Å². The van der Waals surface area contributed by atoms with E-state index in [2.05, 4.69) is 10.3 Å². The molecule has 0 amide bonds. The number of aromatic nitrogens is 1. The van der Waals surface area contributed by atoms with E-state index in [0.29, 0.717) is 19.8 Å². The highest BCUT2D eigenvalue weighted by Gasteiger charge is 2.15. The third-order valence-electron chi connectivity index (χ3n) is 3.55. The third kappa shape index (κ3) is 5.61. The molecule has 0 saturated carbocycles. The molecule has 21 heavy (non-hydrogen) atoms. The lowest BCUT2D eigenvalue weighted by molar-refractivity contribution is -0.0113. The van der Waals surface area contributed by atoms with Crippen molar-refractivity contribution in [3.8, 4) is 5.75 Å². The van der Waals surface area contributed by atoms with Crippen molar-refractivity contribution in [3.63, 3.8) is 0 Å². The van der Waals surface area contributed by atoms with E-state index in [0.717, 1.165) is 43.1 Å². The van der Waals surface area contributed by atoms with Crippen LogP contribution in [0.1, 0.15) is 30.7 Å².